The summed E-state index contributed by atoms with van der Waals surface area (Å²) in [6.07, 6.45) is 7.55. The molecule has 0 unspecified atom stereocenters. The minimum Gasteiger partial charge on any atom is -0.485 e. The molecule has 4 rings (SSSR count). The number of hydrogen-bond donors (Lipinski definition) is 0. The highest BCUT2D eigenvalue weighted by Crippen LogP contribution is 2.30. The van der Waals surface area contributed by atoms with Crippen molar-refractivity contribution in [2.75, 3.05) is 12.9 Å². The fourth-order valence-electron chi connectivity index (χ4n) is 3.45. The van der Waals surface area contributed by atoms with Gasteiger partial charge in [-0.2, -0.15) is 5.10 Å². The lowest BCUT2D eigenvalue weighted by molar-refractivity contribution is 0.294. The Morgan fingerprint density at radius 1 is 1.13 bits per heavy atom. The number of fused-ring (bicyclic) bond motifs is 1. The zero-order chi connectivity index (χ0) is 22.0. The molecule has 4 aromatic rings. The van der Waals surface area contributed by atoms with Crippen LogP contribution in [0.25, 0.3) is 16.9 Å². The molecular formula is C22H22F2N4O2S. The second kappa shape index (κ2) is 9.07. The first-order valence-corrected chi connectivity index (χ1v) is 10.9. The number of rotatable bonds is 8. The van der Waals surface area contributed by atoms with Gasteiger partial charge in [0.2, 0.25) is 0 Å². The average Bonchev–Trinajstić information content (AvgIpc) is 3.31. The van der Waals surface area contributed by atoms with Crippen LogP contribution in [0.4, 0.5) is 8.78 Å². The van der Waals surface area contributed by atoms with Gasteiger partial charge in [0.1, 0.15) is 18.2 Å². The summed E-state index contributed by atoms with van der Waals surface area (Å²) in [6, 6.07) is 5.57. The molecule has 9 heteroatoms. The molecule has 0 spiro atoms. The van der Waals surface area contributed by atoms with Crippen LogP contribution in [-0.2, 0) is 17.3 Å². The zero-order valence-electron chi connectivity index (χ0n) is 17.4. The van der Waals surface area contributed by atoms with Crippen molar-refractivity contribution in [2.45, 2.75) is 27.0 Å². The molecule has 0 aliphatic rings. The van der Waals surface area contributed by atoms with E-state index in [1.165, 1.54) is 30.2 Å². The molecule has 6 nitrogen and oxygen atoms in total. The molecule has 0 saturated heterocycles. The van der Waals surface area contributed by atoms with Gasteiger partial charge in [-0.1, -0.05) is 6.07 Å². The molecule has 3 heterocycles. The summed E-state index contributed by atoms with van der Waals surface area (Å²) in [5, 5.41) is 4.40. The molecular weight excluding hydrogens is 422 g/mol. The normalized spacial score (nSPS) is 11.4. The number of halogens is 2. The lowest BCUT2D eigenvalue weighted by atomic mass is 10.2. The lowest BCUT2D eigenvalue weighted by Gasteiger charge is -2.11. The largest absolute Gasteiger partial charge is 0.485 e. The Balaban J connectivity index is 1.67. The molecule has 0 radical (unpaired) electrons. The SMILES string of the molecule is CSOCCn1cc(-c2c(C)nc3c(OCc4c(F)cccc4F)cc(C)cn23)cn1. The minimum atomic E-state index is -0.637. The minimum absolute atomic E-state index is 0.112. The van der Waals surface area contributed by atoms with Crippen LogP contribution in [-0.4, -0.2) is 32.0 Å². The van der Waals surface area contributed by atoms with Gasteiger partial charge in [0.15, 0.2) is 11.4 Å². The van der Waals surface area contributed by atoms with E-state index < -0.39 is 11.6 Å². The van der Waals surface area contributed by atoms with Gasteiger partial charge in [0.25, 0.3) is 0 Å². The van der Waals surface area contributed by atoms with Gasteiger partial charge in [-0.15, -0.1) is 0 Å². The predicted molar refractivity (Wildman–Crippen MR) is 116 cm³/mol. The molecule has 1 aromatic carbocycles. The Hall–Kier alpha value is -2.91. The van der Waals surface area contributed by atoms with Gasteiger partial charge in [0, 0.05) is 24.2 Å². The van der Waals surface area contributed by atoms with Crippen molar-refractivity contribution in [2.24, 2.45) is 0 Å². The Kier molecular flexibility index (Phi) is 6.24. The van der Waals surface area contributed by atoms with Gasteiger partial charge < -0.3 is 8.92 Å². The van der Waals surface area contributed by atoms with E-state index >= 15 is 0 Å². The van der Waals surface area contributed by atoms with Gasteiger partial charge >= 0.3 is 0 Å². The van der Waals surface area contributed by atoms with Crippen LogP contribution in [0.2, 0.25) is 0 Å². The molecule has 31 heavy (non-hydrogen) atoms. The maximum atomic E-state index is 14.0. The third-order valence-electron chi connectivity index (χ3n) is 4.86. The van der Waals surface area contributed by atoms with E-state index in [2.05, 4.69) is 10.1 Å². The first-order valence-electron chi connectivity index (χ1n) is 9.71. The highest BCUT2D eigenvalue weighted by molar-refractivity contribution is 7.93. The molecule has 0 aliphatic heterocycles. The molecule has 0 bridgehead atoms. The van der Waals surface area contributed by atoms with E-state index in [1.807, 2.05) is 47.6 Å². The molecule has 0 aliphatic carbocycles. The Labute approximate surface area is 183 Å². The third-order valence-corrected chi connectivity index (χ3v) is 5.26. The quantitative estimate of drug-likeness (QED) is 0.284. The summed E-state index contributed by atoms with van der Waals surface area (Å²) in [6.45, 7) is 4.80. The van der Waals surface area contributed by atoms with Crippen LogP contribution in [0, 0.1) is 25.5 Å². The van der Waals surface area contributed by atoms with Crippen molar-refractivity contribution in [3.8, 4) is 17.0 Å². The first-order chi connectivity index (χ1) is 15.0. The van der Waals surface area contributed by atoms with E-state index in [4.69, 9.17) is 8.92 Å². The topological polar surface area (TPSA) is 53.6 Å². The monoisotopic (exact) mass is 444 g/mol. The van der Waals surface area contributed by atoms with Gasteiger partial charge in [-0.3, -0.25) is 9.08 Å². The second-order valence-corrected chi connectivity index (χ2v) is 7.66. The van der Waals surface area contributed by atoms with Crippen LogP contribution >= 0.6 is 12.0 Å². The molecule has 162 valence electrons. The van der Waals surface area contributed by atoms with Gasteiger partial charge in [-0.25, -0.2) is 13.8 Å². The Bertz CT molecular complexity index is 1200. The maximum Gasteiger partial charge on any atom is 0.180 e. The van der Waals surface area contributed by atoms with Gasteiger partial charge in [-0.05, 0) is 49.7 Å². The number of aromatic nitrogens is 4. The second-order valence-electron chi connectivity index (χ2n) is 7.09. The number of hydrogen-bond acceptors (Lipinski definition) is 5. The van der Waals surface area contributed by atoms with Crippen LogP contribution in [0.5, 0.6) is 5.75 Å². The van der Waals surface area contributed by atoms with Crippen molar-refractivity contribution in [1.82, 2.24) is 19.2 Å². The number of imidazole rings is 1. The van der Waals surface area contributed by atoms with E-state index in [-0.39, 0.29) is 12.2 Å². The highest BCUT2D eigenvalue weighted by Gasteiger charge is 2.18. The summed E-state index contributed by atoms with van der Waals surface area (Å²) < 4.78 is 42.9. The molecule has 0 N–H and O–H groups in total. The molecule has 0 saturated carbocycles. The van der Waals surface area contributed by atoms with E-state index in [0.717, 1.165) is 22.5 Å². The van der Waals surface area contributed by atoms with Crippen LogP contribution < -0.4 is 4.74 Å². The molecule has 0 amide bonds. The van der Waals surface area contributed by atoms with Crippen molar-refractivity contribution < 1.29 is 17.7 Å². The van der Waals surface area contributed by atoms with Crippen molar-refractivity contribution in [3.63, 3.8) is 0 Å². The lowest BCUT2D eigenvalue weighted by Crippen LogP contribution is -2.03. The fraction of sp³-hybridized carbons (Fsp3) is 0.273. The number of aryl methyl sites for hydroxylation is 2. The molecule has 0 atom stereocenters. The summed E-state index contributed by atoms with van der Waals surface area (Å²) in [4.78, 5) is 4.66. The number of pyridine rings is 1. The zero-order valence-corrected chi connectivity index (χ0v) is 18.2. The summed E-state index contributed by atoms with van der Waals surface area (Å²) in [5.74, 6) is -0.818. The molecule has 3 aromatic heterocycles. The van der Waals surface area contributed by atoms with Crippen molar-refractivity contribution in [1.29, 1.82) is 0 Å². The van der Waals surface area contributed by atoms with E-state index in [9.17, 15) is 8.78 Å². The summed E-state index contributed by atoms with van der Waals surface area (Å²) in [7, 11) is 0. The van der Waals surface area contributed by atoms with Crippen LogP contribution in [0.1, 0.15) is 16.8 Å². The average molecular weight is 445 g/mol. The number of ether oxygens (including phenoxy) is 1. The first kappa shape index (κ1) is 21.3. The molecule has 0 fully saturated rings. The van der Waals surface area contributed by atoms with E-state index in [1.54, 1.807) is 6.20 Å². The van der Waals surface area contributed by atoms with Crippen molar-refractivity contribution >= 4 is 17.7 Å². The smallest absolute Gasteiger partial charge is 0.180 e. The fourth-order valence-corrected chi connectivity index (χ4v) is 3.70. The standard InChI is InChI=1S/C22H22F2N4O2S/c1-14-9-20(29-13-17-18(23)5-4-6-19(17)24)22-26-15(2)21(28(22)11-14)16-10-25-27(12-16)7-8-30-31-3/h4-6,9-12H,7-8,13H2,1-3H3. The van der Waals surface area contributed by atoms with Crippen molar-refractivity contribution in [3.05, 3.63) is 71.3 Å². The Morgan fingerprint density at radius 2 is 1.90 bits per heavy atom. The van der Waals surface area contributed by atoms with E-state index in [0.29, 0.717) is 24.5 Å². The third kappa shape index (κ3) is 4.42. The van der Waals surface area contributed by atoms with Gasteiger partial charge in [0.05, 0.1) is 36.3 Å². The number of nitrogens with zero attached hydrogens (tertiary/aromatic N) is 4. The summed E-state index contributed by atoms with van der Waals surface area (Å²) in [5.41, 5.74) is 3.99. The van der Waals surface area contributed by atoms with Crippen LogP contribution in [0.15, 0.2) is 42.9 Å². The summed E-state index contributed by atoms with van der Waals surface area (Å²) >= 11 is 1.32. The highest BCUT2D eigenvalue weighted by atomic mass is 32.2. The van der Waals surface area contributed by atoms with Crippen LogP contribution in [0.3, 0.4) is 0 Å². The predicted octanol–water partition coefficient (Wildman–Crippen LogP) is 4.97. The number of benzene rings is 1. The maximum absolute atomic E-state index is 14.0. The Morgan fingerprint density at radius 3 is 2.65 bits per heavy atom.